The number of ether oxygens (including phenoxy) is 1. The zero-order valence-corrected chi connectivity index (χ0v) is 11.4. The SMILES string of the molecule is COc1ccc(-c2ccc(C=O)s2)cc1NC(C)=O. The molecule has 0 aliphatic rings. The summed E-state index contributed by atoms with van der Waals surface area (Å²) in [5, 5.41) is 2.73. The van der Waals surface area contributed by atoms with Gasteiger partial charge in [0.25, 0.3) is 0 Å². The zero-order valence-electron chi connectivity index (χ0n) is 10.6. The van der Waals surface area contributed by atoms with Gasteiger partial charge in [0.05, 0.1) is 17.7 Å². The maximum atomic E-state index is 11.2. The van der Waals surface area contributed by atoms with Gasteiger partial charge in [0, 0.05) is 11.8 Å². The van der Waals surface area contributed by atoms with Crippen molar-refractivity contribution < 1.29 is 14.3 Å². The standard InChI is InChI=1S/C14H13NO3S/c1-9(17)15-12-7-10(3-5-13(12)18-2)14-6-4-11(8-16)19-14/h3-8H,1-2H3,(H,15,17). The Kier molecular flexibility index (Phi) is 3.97. The molecule has 0 aliphatic carbocycles. The summed E-state index contributed by atoms with van der Waals surface area (Å²) in [7, 11) is 1.55. The van der Waals surface area contributed by atoms with Crippen molar-refractivity contribution in [3.63, 3.8) is 0 Å². The van der Waals surface area contributed by atoms with E-state index in [1.54, 1.807) is 19.2 Å². The van der Waals surface area contributed by atoms with Crippen molar-refractivity contribution in [2.75, 3.05) is 12.4 Å². The summed E-state index contributed by atoms with van der Waals surface area (Å²) < 4.78 is 5.20. The molecule has 0 saturated carbocycles. The Hall–Kier alpha value is -2.14. The van der Waals surface area contributed by atoms with Gasteiger partial charge >= 0.3 is 0 Å². The first-order valence-electron chi connectivity index (χ1n) is 5.65. The summed E-state index contributed by atoms with van der Waals surface area (Å²) in [4.78, 5) is 23.5. The Morgan fingerprint density at radius 1 is 1.32 bits per heavy atom. The number of amides is 1. The van der Waals surface area contributed by atoms with E-state index >= 15 is 0 Å². The minimum Gasteiger partial charge on any atom is -0.495 e. The van der Waals surface area contributed by atoms with Gasteiger partial charge in [-0.2, -0.15) is 0 Å². The first-order valence-corrected chi connectivity index (χ1v) is 6.46. The van der Waals surface area contributed by atoms with Crippen molar-refractivity contribution in [1.29, 1.82) is 0 Å². The first kappa shape index (κ1) is 13.3. The van der Waals surface area contributed by atoms with E-state index in [1.807, 2.05) is 18.2 Å². The quantitative estimate of drug-likeness (QED) is 0.872. The molecule has 2 rings (SSSR count). The predicted molar refractivity (Wildman–Crippen MR) is 76.0 cm³/mol. The number of benzene rings is 1. The number of thiophene rings is 1. The fraction of sp³-hybridized carbons (Fsp3) is 0.143. The van der Waals surface area contributed by atoms with Crippen molar-refractivity contribution in [3.8, 4) is 16.2 Å². The molecular weight excluding hydrogens is 262 g/mol. The molecule has 2 aromatic rings. The molecule has 4 nitrogen and oxygen atoms in total. The highest BCUT2D eigenvalue weighted by molar-refractivity contribution is 7.17. The number of nitrogens with one attached hydrogen (secondary N) is 1. The lowest BCUT2D eigenvalue weighted by molar-refractivity contribution is -0.114. The smallest absolute Gasteiger partial charge is 0.221 e. The number of carbonyl (C=O) groups is 2. The average molecular weight is 275 g/mol. The third-order valence-corrected chi connectivity index (χ3v) is 3.60. The van der Waals surface area contributed by atoms with Gasteiger partial charge in [0.2, 0.25) is 5.91 Å². The van der Waals surface area contributed by atoms with Crippen LogP contribution in [0, 0.1) is 0 Å². The monoisotopic (exact) mass is 275 g/mol. The predicted octanol–water partition coefficient (Wildman–Crippen LogP) is 3.19. The Bertz CT molecular complexity index is 619. The molecule has 1 aromatic carbocycles. The zero-order chi connectivity index (χ0) is 13.8. The molecule has 0 fully saturated rings. The maximum Gasteiger partial charge on any atom is 0.221 e. The van der Waals surface area contributed by atoms with Crippen LogP contribution in [0.2, 0.25) is 0 Å². The van der Waals surface area contributed by atoms with E-state index in [9.17, 15) is 9.59 Å². The molecule has 0 radical (unpaired) electrons. The van der Waals surface area contributed by atoms with Crippen LogP contribution in [0.1, 0.15) is 16.6 Å². The van der Waals surface area contributed by atoms with Crippen LogP contribution in [0.5, 0.6) is 5.75 Å². The maximum absolute atomic E-state index is 11.2. The lowest BCUT2D eigenvalue weighted by Gasteiger charge is -2.10. The Morgan fingerprint density at radius 3 is 2.68 bits per heavy atom. The van der Waals surface area contributed by atoms with Gasteiger partial charge in [-0.3, -0.25) is 9.59 Å². The highest BCUT2D eigenvalue weighted by Gasteiger charge is 2.09. The molecule has 0 bridgehead atoms. The van der Waals surface area contributed by atoms with E-state index in [0.29, 0.717) is 16.3 Å². The van der Waals surface area contributed by atoms with Crippen LogP contribution in [0.3, 0.4) is 0 Å². The van der Waals surface area contributed by atoms with Crippen LogP contribution in [0.15, 0.2) is 30.3 Å². The molecule has 0 atom stereocenters. The van der Waals surface area contributed by atoms with Crippen LogP contribution in [0.4, 0.5) is 5.69 Å². The molecule has 1 heterocycles. The molecule has 0 aliphatic heterocycles. The van der Waals surface area contributed by atoms with E-state index in [-0.39, 0.29) is 5.91 Å². The Labute approximate surface area is 115 Å². The summed E-state index contributed by atoms with van der Waals surface area (Å²) in [5.74, 6) is 0.446. The van der Waals surface area contributed by atoms with Crippen LogP contribution >= 0.6 is 11.3 Å². The summed E-state index contributed by atoms with van der Waals surface area (Å²) in [6.45, 7) is 1.45. The third kappa shape index (κ3) is 3.00. The lowest BCUT2D eigenvalue weighted by atomic mass is 10.1. The second kappa shape index (κ2) is 5.67. The van der Waals surface area contributed by atoms with Crippen molar-refractivity contribution in [2.45, 2.75) is 6.92 Å². The van der Waals surface area contributed by atoms with Gasteiger partial charge in [-0.15, -0.1) is 11.3 Å². The molecule has 0 spiro atoms. The normalized spacial score (nSPS) is 10.0. The molecular formula is C14H13NO3S. The van der Waals surface area contributed by atoms with Gasteiger partial charge in [0.1, 0.15) is 5.75 Å². The number of hydrogen-bond acceptors (Lipinski definition) is 4. The molecule has 98 valence electrons. The van der Waals surface area contributed by atoms with Gasteiger partial charge in [-0.1, -0.05) is 0 Å². The van der Waals surface area contributed by atoms with Gasteiger partial charge in [-0.05, 0) is 35.9 Å². The number of aldehydes is 1. The van der Waals surface area contributed by atoms with Crippen LogP contribution < -0.4 is 10.1 Å². The molecule has 0 saturated heterocycles. The lowest BCUT2D eigenvalue weighted by Crippen LogP contribution is -2.07. The molecule has 5 heteroatoms. The number of carbonyl (C=O) groups excluding carboxylic acids is 2. The number of rotatable bonds is 4. The summed E-state index contributed by atoms with van der Waals surface area (Å²) in [6.07, 6.45) is 0.826. The van der Waals surface area contributed by atoms with Crippen LogP contribution in [-0.2, 0) is 4.79 Å². The Balaban J connectivity index is 2.41. The van der Waals surface area contributed by atoms with Crippen molar-refractivity contribution >= 4 is 29.2 Å². The van der Waals surface area contributed by atoms with Gasteiger partial charge in [-0.25, -0.2) is 0 Å². The second-order valence-corrected chi connectivity index (χ2v) is 5.03. The van der Waals surface area contributed by atoms with E-state index in [0.717, 1.165) is 16.7 Å². The minimum absolute atomic E-state index is 0.157. The van der Waals surface area contributed by atoms with E-state index in [2.05, 4.69) is 5.32 Å². The van der Waals surface area contributed by atoms with Crippen molar-refractivity contribution in [2.24, 2.45) is 0 Å². The molecule has 1 aromatic heterocycles. The minimum atomic E-state index is -0.157. The van der Waals surface area contributed by atoms with Crippen LogP contribution in [-0.4, -0.2) is 19.3 Å². The topological polar surface area (TPSA) is 55.4 Å². The third-order valence-electron chi connectivity index (χ3n) is 2.54. The van der Waals surface area contributed by atoms with Crippen molar-refractivity contribution in [1.82, 2.24) is 0 Å². The average Bonchev–Trinajstić information content (AvgIpc) is 2.86. The molecule has 1 N–H and O–H groups in total. The van der Waals surface area contributed by atoms with Crippen molar-refractivity contribution in [3.05, 3.63) is 35.2 Å². The number of methoxy groups -OCH3 is 1. The largest absolute Gasteiger partial charge is 0.495 e. The fourth-order valence-electron chi connectivity index (χ4n) is 1.72. The fourth-order valence-corrected chi connectivity index (χ4v) is 2.54. The summed E-state index contributed by atoms with van der Waals surface area (Å²) >= 11 is 1.41. The summed E-state index contributed by atoms with van der Waals surface area (Å²) in [5.41, 5.74) is 1.55. The van der Waals surface area contributed by atoms with E-state index in [1.165, 1.54) is 18.3 Å². The first-order chi connectivity index (χ1) is 9.13. The van der Waals surface area contributed by atoms with E-state index in [4.69, 9.17) is 4.74 Å². The Morgan fingerprint density at radius 2 is 2.11 bits per heavy atom. The highest BCUT2D eigenvalue weighted by atomic mass is 32.1. The molecule has 0 unspecified atom stereocenters. The number of anilines is 1. The second-order valence-electron chi connectivity index (χ2n) is 3.92. The van der Waals surface area contributed by atoms with E-state index < -0.39 is 0 Å². The van der Waals surface area contributed by atoms with Gasteiger partial charge in [0.15, 0.2) is 6.29 Å². The van der Waals surface area contributed by atoms with Crippen LogP contribution in [0.25, 0.3) is 10.4 Å². The number of hydrogen-bond donors (Lipinski definition) is 1. The summed E-state index contributed by atoms with van der Waals surface area (Å²) in [6, 6.07) is 9.18. The molecule has 1 amide bonds. The molecule has 19 heavy (non-hydrogen) atoms. The highest BCUT2D eigenvalue weighted by Crippen LogP contribution is 2.33. The van der Waals surface area contributed by atoms with Gasteiger partial charge < -0.3 is 10.1 Å².